The lowest BCUT2D eigenvalue weighted by molar-refractivity contribution is 0.0997. The van der Waals surface area contributed by atoms with Gasteiger partial charge in [0.1, 0.15) is 0 Å². The number of amides is 2. The summed E-state index contributed by atoms with van der Waals surface area (Å²) >= 11 is 11.6. The fourth-order valence-corrected chi connectivity index (χ4v) is 2.95. The predicted octanol–water partition coefficient (Wildman–Crippen LogP) is 4.50. The molecule has 0 bridgehead atoms. The summed E-state index contributed by atoms with van der Waals surface area (Å²) in [4.78, 5) is 23.4. The molecule has 5 N–H and O–H groups in total. The number of nitrogens with two attached hydrogens (primary N) is 1. The molecule has 0 saturated carbocycles. The second-order valence-electron chi connectivity index (χ2n) is 6.04. The summed E-state index contributed by atoms with van der Waals surface area (Å²) in [5, 5.41) is 9.50. The van der Waals surface area contributed by atoms with Gasteiger partial charge in [-0.3, -0.25) is 9.59 Å². The van der Waals surface area contributed by atoms with Gasteiger partial charge < -0.3 is 21.7 Å². The number of nitrogens with one attached hydrogen (secondary N) is 3. The van der Waals surface area contributed by atoms with Crippen LogP contribution in [0.2, 0.25) is 5.02 Å². The van der Waals surface area contributed by atoms with Crippen molar-refractivity contribution >= 4 is 57.8 Å². The molecule has 0 heterocycles. The average molecular weight is 425 g/mol. The second kappa shape index (κ2) is 9.18. The van der Waals surface area contributed by atoms with Crippen LogP contribution in [0.4, 0.5) is 17.1 Å². The van der Waals surface area contributed by atoms with E-state index in [-0.39, 0.29) is 5.91 Å². The summed E-state index contributed by atoms with van der Waals surface area (Å²) in [7, 11) is 0. The number of rotatable bonds is 5. The quantitative estimate of drug-likeness (QED) is 0.452. The lowest BCUT2D eigenvalue weighted by Gasteiger charge is -2.13. The number of primary amides is 1. The molecular formula is C21H17ClN4O2S. The van der Waals surface area contributed by atoms with Crippen molar-refractivity contribution in [2.75, 3.05) is 16.0 Å². The number of benzene rings is 3. The minimum absolute atomic E-state index is 0.246. The van der Waals surface area contributed by atoms with Crippen LogP contribution in [0.1, 0.15) is 20.7 Å². The van der Waals surface area contributed by atoms with E-state index in [4.69, 9.17) is 29.6 Å². The van der Waals surface area contributed by atoms with Crippen LogP contribution in [0.3, 0.4) is 0 Å². The van der Waals surface area contributed by atoms with Crippen molar-refractivity contribution < 1.29 is 9.59 Å². The maximum atomic E-state index is 12.3. The molecule has 0 spiro atoms. The van der Waals surface area contributed by atoms with Crippen LogP contribution in [0.25, 0.3) is 0 Å². The van der Waals surface area contributed by atoms with Crippen molar-refractivity contribution in [2.45, 2.75) is 0 Å². The van der Waals surface area contributed by atoms with Crippen molar-refractivity contribution in [3.05, 3.63) is 88.9 Å². The lowest BCUT2D eigenvalue weighted by Crippen LogP contribution is -2.19. The zero-order valence-electron chi connectivity index (χ0n) is 15.1. The number of carbonyl (C=O) groups excluding carboxylic acids is 2. The Morgan fingerprint density at radius 1 is 0.793 bits per heavy atom. The molecule has 3 aromatic rings. The summed E-state index contributed by atoms with van der Waals surface area (Å²) in [6, 6.07) is 20.6. The third kappa shape index (κ3) is 5.54. The maximum absolute atomic E-state index is 12.3. The number of anilines is 3. The molecule has 6 nitrogen and oxygen atoms in total. The van der Waals surface area contributed by atoms with E-state index in [1.807, 2.05) is 6.07 Å². The van der Waals surface area contributed by atoms with Crippen LogP contribution >= 0.6 is 23.8 Å². The molecule has 0 fully saturated rings. The maximum Gasteiger partial charge on any atom is 0.255 e. The van der Waals surface area contributed by atoms with E-state index in [0.29, 0.717) is 38.3 Å². The molecule has 0 aromatic heterocycles. The smallest absolute Gasteiger partial charge is 0.255 e. The Hall–Kier alpha value is -3.42. The average Bonchev–Trinajstić information content (AvgIpc) is 2.71. The van der Waals surface area contributed by atoms with Crippen molar-refractivity contribution in [1.29, 1.82) is 0 Å². The van der Waals surface area contributed by atoms with E-state index in [1.54, 1.807) is 66.7 Å². The highest BCUT2D eigenvalue weighted by Crippen LogP contribution is 2.26. The standard InChI is InChI=1S/C21H17ClN4O2S/c22-17-12-16(10-11-18(17)26-20(28)14-4-2-1-3-5-14)25-21(29)24-15-8-6-13(7-9-15)19(23)27/h1-12H,(H2,23,27)(H,26,28)(H2,24,25,29). The fourth-order valence-electron chi connectivity index (χ4n) is 2.49. The normalized spacial score (nSPS) is 10.1. The minimum Gasteiger partial charge on any atom is -0.366 e. The minimum atomic E-state index is -0.494. The monoisotopic (exact) mass is 424 g/mol. The Morgan fingerprint density at radius 3 is 2.03 bits per heavy atom. The van der Waals surface area contributed by atoms with Crippen LogP contribution in [0.5, 0.6) is 0 Å². The van der Waals surface area contributed by atoms with E-state index in [1.165, 1.54) is 0 Å². The fraction of sp³-hybridized carbons (Fsp3) is 0. The van der Waals surface area contributed by atoms with Crippen LogP contribution in [0, 0.1) is 0 Å². The van der Waals surface area contributed by atoms with Gasteiger partial charge in [0, 0.05) is 22.5 Å². The molecule has 8 heteroatoms. The van der Waals surface area contributed by atoms with Gasteiger partial charge in [-0.05, 0) is 66.8 Å². The third-order valence-corrected chi connectivity index (χ3v) is 4.46. The van der Waals surface area contributed by atoms with E-state index < -0.39 is 5.91 Å². The van der Waals surface area contributed by atoms with E-state index in [9.17, 15) is 9.59 Å². The molecule has 0 radical (unpaired) electrons. The van der Waals surface area contributed by atoms with Crippen molar-refractivity contribution in [2.24, 2.45) is 5.73 Å². The first kappa shape index (κ1) is 20.3. The largest absolute Gasteiger partial charge is 0.366 e. The first-order valence-corrected chi connectivity index (χ1v) is 9.35. The van der Waals surface area contributed by atoms with E-state index >= 15 is 0 Å². The number of halogens is 1. The Morgan fingerprint density at radius 2 is 1.41 bits per heavy atom. The van der Waals surface area contributed by atoms with Gasteiger partial charge in [-0.2, -0.15) is 0 Å². The van der Waals surface area contributed by atoms with Crippen LogP contribution in [-0.4, -0.2) is 16.9 Å². The second-order valence-corrected chi connectivity index (χ2v) is 6.85. The van der Waals surface area contributed by atoms with Gasteiger partial charge in [0.15, 0.2) is 5.11 Å². The van der Waals surface area contributed by atoms with Gasteiger partial charge in [-0.25, -0.2) is 0 Å². The molecule has 146 valence electrons. The van der Waals surface area contributed by atoms with Crippen LogP contribution in [-0.2, 0) is 0 Å². The number of carbonyl (C=O) groups is 2. The van der Waals surface area contributed by atoms with Gasteiger partial charge >= 0.3 is 0 Å². The molecular weight excluding hydrogens is 408 g/mol. The van der Waals surface area contributed by atoms with Crippen molar-refractivity contribution in [3.63, 3.8) is 0 Å². The first-order valence-electron chi connectivity index (χ1n) is 8.56. The van der Waals surface area contributed by atoms with Gasteiger partial charge in [0.05, 0.1) is 10.7 Å². The van der Waals surface area contributed by atoms with Gasteiger partial charge in [0.25, 0.3) is 5.91 Å². The van der Waals surface area contributed by atoms with Gasteiger partial charge in [-0.1, -0.05) is 29.8 Å². The highest BCUT2D eigenvalue weighted by molar-refractivity contribution is 7.80. The summed E-state index contributed by atoms with van der Waals surface area (Å²) in [5.74, 6) is -0.740. The van der Waals surface area contributed by atoms with Gasteiger partial charge in [-0.15, -0.1) is 0 Å². The molecule has 0 saturated heterocycles. The summed E-state index contributed by atoms with van der Waals surface area (Å²) in [6.07, 6.45) is 0. The first-order chi connectivity index (χ1) is 13.9. The topological polar surface area (TPSA) is 96.2 Å². The Kier molecular flexibility index (Phi) is 6.43. The van der Waals surface area contributed by atoms with Gasteiger partial charge in [0.2, 0.25) is 5.91 Å². The predicted molar refractivity (Wildman–Crippen MR) is 121 cm³/mol. The molecule has 2 amide bonds. The molecule has 0 aliphatic heterocycles. The van der Waals surface area contributed by atoms with Crippen LogP contribution < -0.4 is 21.7 Å². The Balaban J connectivity index is 1.61. The zero-order valence-corrected chi connectivity index (χ0v) is 16.7. The third-order valence-electron chi connectivity index (χ3n) is 3.94. The molecule has 3 rings (SSSR count). The van der Waals surface area contributed by atoms with E-state index in [0.717, 1.165) is 0 Å². The Labute approximate surface area is 178 Å². The molecule has 29 heavy (non-hydrogen) atoms. The number of hydrogen-bond acceptors (Lipinski definition) is 3. The van der Waals surface area contributed by atoms with Crippen molar-refractivity contribution in [1.82, 2.24) is 0 Å². The van der Waals surface area contributed by atoms with Crippen molar-refractivity contribution in [3.8, 4) is 0 Å². The summed E-state index contributed by atoms with van der Waals surface area (Å²) in [5.41, 5.74) is 8.02. The Bertz CT molecular complexity index is 1060. The summed E-state index contributed by atoms with van der Waals surface area (Å²) < 4.78 is 0. The number of thiocarbonyl (C=S) groups is 1. The zero-order chi connectivity index (χ0) is 20.8. The highest BCUT2D eigenvalue weighted by atomic mass is 35.5. The SMILES string of the molecule is NC(=O)c1ccc(NC(=S)Nc2ccc(NC(=O)c3ccccc3)c(Cl)c2)cc1. The number of hydrogen-bond donors (Lipinski definition) is 4. The molecule has 0 aliphatic carbocycles. The molecule has 0 aliphatic rings. The van der Waals surface area contributed by atoms with Crippen LogP contribution in [0.15, 0.2) is 72.8 Å². The molecule has 0 unspecified atom stereocenters. The summed E-state index contributed by atoms with van der Waals surface area (Å²) in [6.45, 7) is 0. The lowest BCUT2D eigenvalue weighted by atomic mass is 10.2. The molecule has 0 atom stereocenters. The van der Waals surface area contributed by atoms with E-state index in [2.05, 4.69) is 16.0 Å². The highest BCUT2D eigenvalue weighted by Gasteiger charge is 2.09. The molecule has 3 aromatic carbocycles.